The predicted octanol–water partition coefficient (Wildman–Crippen LogP) is 3.53. The zero-order chi connectivity index (χ0) is 15.8. The number of pyridine rings is 1. The lowest BCUT2D eigenvalue weighted by molar-refractivity contribution is 0.0954. The number of aromatic nitrogens is 3. The fourth-order valence-corrected chi connectivity index (χ4v) is 3.84. The van der Waals surface area contributed by atoms with Gasteiger partial charge in [0.2, 0.25) is 0 Å². The second kappa shape index (κ2) is 5.64. The number of carbonyl (C=O) groups excluding carboxylic acids is 1. The van der Waals surface area contributed by atoms with Gasteiger partial charge in [-0.05, 0) is 18.2 Å². The molecule has 4 aromatic rings. The number of nitrogens with one attached hydrogen (secondary N) is 1. The third-order valence-corrected chi connectivity index (χ3v) is 5.21. The summed E-state index contributed by atoms with van der Waals surface area (Å²) in [6.07, 6.45) is 1.86. The maximum atomic E-state index is 12.4. The third-order valence-electron chi connectivity index (χ3n) is 3.53. The lowest BCUT2D eigenvalue weighted by Crippen LogP contribution is -2.23. The van der Waals surface area contributed by atoms with Crippen LogP contribution in [0, 0.1) is 0 Å². The van der Waals surface area contributed by atoms with Gasteiger partial charge in [0.1, 0.15) is 4.88 Å². The van der Waals surface area contributed by atoms with Gasteiger partial charge in [-0.3, -0.25) is 9.20 Å². The number of rotatable bonds is 3. The first-order valence-corrected chi connectivity index (χ1v) is 8.17. The summed E-state index contributed by atoms with van der Waals surface area (Å²) < 4.78 is 2.84. The van der Waals surface area contributed by atoms with Crippen molar-refractivity contribution in [3.05, 3.63) is 64.4 Å². The number of halogens is 1. The smallest absolute Gasteiger partial charge is 0.263 e. The molecule has 0 aliphatic carbocycles. The average Bonchev–Trinajstić information content (AvgIpc) is 3.15. The molecule has 0 radical (unpaired) electrons. The molecule has 3 aromatic heterocycles. The molecule has 0 unspecified atom stereocenters. The number of nitrogens with zero attached hydrogens (tertiary/aromatic N) is 3. The molecule has 0 spiro atoms. The van der Waals surface area contributed by atoms with Gasteiger partial charge < -0.3 is 5.32 Å². The molecule has 0 fully saturated rings. The Morgan fingerprint density at radius 2 is 2.00 bits per heavy atom. The van der Waals surface area contributed by atoms with Crippen LogP contribution in [0.2, 0.25) is 5.02 Å². The zero-order valence-electron chi connectivity index (χ0n) is 11.9. The van der Waals surface area contributed by atoms with Crippen LogP contribution in [0.4, 0.5) is 0 Å². The molecular formula is C16H11ClN4OS. The molecule has 1 aromatic carbocycles. The minimum atomic E-state index is -0.205. The third kappa shape index (κ3) is 2.46. The highest BCUT2D eigenvalue weighted by molar-refractivity contribution is 7.21. The Morgan fingerprint density at radius 3 is 2.87 bits per heavy atom. The number of hydrogen-bond acceptors (Lipinski definition) is 4. The van der Waals surface area contributed by atoms with Crippen LogP contribution >= 0.6 is 22.9 Å². The summed E-state index contributed by atoms with van der Waals surface area (Å²) in [5.74, 6) is 0.468. The summed E-state index contributed by atoms with van der Waals surface area (Å²) in [5.41, 5.74) is 0.747. The maximum Gasteiger partial charge on any atom is 0.263 e. The summed E-state index contributed by atoms with van der Waals surface area (Å²) >= 11 is 7.71. The minimum Gasteiger partial charge on any atom is -0.344 e. The highest BCUT2D eigenvalue weighted by Crippen LogP contribution is 2.34. The fraction of sp³-hybridized carbons (Fsp3) is 0.0625. The van der Waals surface area contributed by atoms with Gasteiger partial charge in [-0.25, -0.2) is 0 Å². The molecule has 0 aliphatic rings. The van der Waals surface area contributed by atoms with Crippen molar-refractivity contribution in [2.24, 2.45) is 0 Å². The second-order valence-electron chi connectivity index (χ2n) is 4.97. The molecule has 5 nitrogen and oxygen atoms in total. The standard InChI is InChI=1S/C16H11ClN4OS/c17-14-10-5-1-2-6-11(10)23-15(14)16(22)18-9-13-20-19-12-7-3-4-8-21(12)13/h1-8H,9H2,(H,18,22). The monoisotopic (exact) mass is 342 g/mol. The molecular weight excluding hydrogens is 332 g/mol. The van der Waals surface area contributed by atoms with Crippen LogP contribution < -0.4 is 5.32 Å². The number of fused-ring (bicyclic) bond motifs is 2. The van der Waals surface area contributed by atoms with Gasteiger partial charge in [0.25, 0.3) is 5.91 Å². The van der Waals surface area contributed by atoms with Crippen molar-refractivity contribution in [2.45, 2.75) is 6.54 Å². The van der Waals surface area contributed by atoms with E-state index < -0.39 is 0 Å². The molecule has 114 valence electrons. The molecule has 7 heteroatoms. The Morgan fingerprint density at radius 1 is 1.17 bits per heavy atom. The van der Waals surface area contributed by atoms with E-state index in [2.05, 4.69) is 15.5 Å². The van der Waals surface area contributed by atoms with Crippen LogP contribution in [0.3, 0.4) is 0 Å². The fourth-order valence-electron chi connectivity index (χ4n) is 2.41. The van der Waals surface area contributed by atoms with E-state index in [0.29, 0.717) is 15.7 Å². The van der Waals surface area contributed by atoms with Crippen LogP contribution in [-0.2, 0) is 6.54 Å². The van der Waals surface area contributed by atoms with E-state index in [1.165, 1.54) is 11.3 Å². The minimum absolute atomic E-state index is 0.205. The van der Waals surface area contributed by atoms with Gasteiger partial charge in [0.15, 0.2) is 11.5 Å². The molecule has 4 rings (SSSR count). The number of thiophene rings is 1. The number of carbonyl (C=O) groups is 1. The normalized spacial score (nSPS) is 11.2. The van der Waals surface area contributed by atoms with Gasteiger partial charge in [-0.1, -0.05) is 35.9 Å². The van der Waals surface area contributed by atoms with Crippen LogP contribution in [0.15, 0.2) is 48.7 Å². The van der Waals surface area contributed by atoms with Crippen LogP contribution in [0.1, 0.15) is 15.5 Å². The lowest BCUT2D eigenvalue weighted by Gasteiger charge is -2.03. The Hall–Kier alpha value is -2.44. The summed E-state index contributed by atoms with van der Waals surface area (Å²) in [6, 6.07) is 13.4. The van der Waals surface area contributed by atoms with E-state index >= 15 is 0 Å². The van der Waals surface area contributed by atoms with E-state index in [-0.39, 0.29) is 12.5 Å². The largest absolute Gasteiger partial charge is 0.344 e. The van der Waals surface area contributed by atoms with Crippen molar-refractivity contribution in [3.63, 3.8) is 0 Å². The highest BCUT2D eigenvalue weighted by Gasteiger charge is 2.17. The van der Waals surface area contributed by atoms with Crippen molar-refractivity contribution < 1.29 is 4.79 Å². The first kappa shape index (κ1) is 14.2. The van der Waals surface area contributed by atoms with Gasteiger partial charge >= 0.3 is 0 Å². The van der Waals surface area contributed by atoms with Gasteiger partial charge in [0, 0.05) is 16.3 Å². The van der Waals surface area contributed by atoms with Gasteiger partial charge in [0.05, 0.1) is 11.6 Å². The van der Waals surface area contributed by atoms with Crippen LogP contribution in [-0.4, -0.2) is 20.5 Å². The lowest BCUT2D eigenvalue weighted by atomic mass is 10.2. The Labute approximate surface area is 140 Å². The first-order chi connectivity index (χ1) is 11.2. The van der Waals surface area contributed by atoms with E-state index in [9.17, 15) is 4.79 Å². The van der Waals surface area contributed by atoms with Crippen LogP contribution in [0.25, 0.3) is 15.7 Å². The second-order valence-corrected chi connectivity index (χ2v) is 6.40. The summed E-state index contributed by atoms with van der Waals surface area (Å²) in [5, 5.41) is 12.4. The molecule has 1 amide bonds. The summed E-state index contributed by atoms with van der Waals surface area (Å²) in [7, 11) is 0. The Kier molecular flexibility index (Phi) is 3.48. The van der Waals surface area contributed by atoms with Gasteiger partial charge in [-0.2, -0.15) is 0 Å². The maximum absolute atomic E-state index is 12.4. The molecule has 0 saturated heterocycles. The van der Waals surface area contributed by atoms with Crippen molar-refractivity contribution in [1.82, 2.24) is 19.9 Å². The summed E-state index contributed by atoms with van der Waals surface area (Å²) in [4.78, 5) is 12.9. The van der Waals surface area contributed by atoms with Crippen molar-refractivity contribution in [2.75, 3.05) is 0 Å². The predicted molar refractivity (Wildman–Crippen MR) is 91.0 cm³/mol. The Balaban J connectivity index is 1.59. The number of benzene rings is 1. The molecule has 0 atom stereocenters. The van der Waals surface area contributed by atoms with E-state index in [4.69, 9.17) is 11.6 Å². The topological polar surface area (TPSA) is 59.3 Å². The summed E-state index contributed by atoms with van der Waals surface area (Å²) in [6.45, 7) is 0.286. The van der Waals surface area contributed by atoms with Crippen molar-refractivity contribution >= 4 is 44.6 Å². The van der Waals surface area contributed by atoms with Crippen molar-refractivity contribution in [3.8, 4) is 0 Å². The molecule has 0 aliphatic heterocycles. The van der Waals surface area contributed by atoms with Crippen LogP contribution in [0.5, 0.6) is 0 Å². The van der Waals surface area contributed by atoms with Crippen molar-refractivity contribution in [1.29, 1.82) is 0 Å². The molecule has 3 heterocycles. The Bertz CT molecular complexity index is 1020. The molecule has 0 bridgehead atoms. The zero-order valence-corrected chi connectivity index (χ0v) is 13.4. The molecule has 0 saturated carbocycles. The van der Waals surface area contributed by atoms with E-state index in [1.807, 2.05) is 53.1 Å². The molecule has 23 heavy (non-hydrogen) atoms. The number of amides is 1. The first-order valence-electron chi connectivity index (χ1n) is 6.98. The van der Waals surface area contributed by atoms with E-state index in [1.54, 1.807) is 0 Å². The average molecular weight is 343 g/mol. The van der Waals surface area contributed by atoms with E-state index in [0.717, 1.165) is 15.7 Å². The highest BCUT2D eigenvalue weighted by atomic mass is 35.5. The van der Waals surface area contributed by atoms with Gasteiger partial charge in [-0.15, -0.1) is 21.5 Å². The SMILES string of the molecule is O=C(NCc1nnc2ccccn12)c1sc2ccccc2c1Cl. The number of hydrogen-bond donors (Lipinski definition) is 1. The quantitative estimate of drug-likeness (QED) is 0.619. The molecule has 1 N–H and O–H groups in total.